The second kappa shape index (κ2) is 11.1. The van der Waals surface area contributed by atoms with Crippen LogP contribution in [-0.4, -0.2) is 35.6 Å². The van der Waals surface area contributed by atoms with Gasteiger partial charge >= 0.3 is 0 Å². The molecule has 0 aliphatic rings. The van der Waals surface area contributed by atoms with Crippen molar-refractivity contribution in [2.45, 2.75) is 25.3 Å². The third-order valence-electron chi connectivity index (χ3n) is 4.28. The average molecular weight is 478 g/mol. The highest BCUT2D eigenvalue weighted by atomic mass is 35.5. The summed E-state index contributed by atoms with van der Waals surface area (Å²) >= 11 is 19.3. The number of amides is 2. The van der Waals surface area contributed by atoms with E-state index in [2.05, 4.69) is 5.32 Å². The number of halogens is 4. The van der Waals surface area contributed by atoms with E-state index >= 15 is 0 Å². The molecular weight excluding hydrogens is 458 g/mol. The first-order valence-corrected chi connectivity index (χ1v) is 11.0. The summed E-state index contributed by atoms with van der Waals surface area (Å²) < 4.78 is 13.9. The van der Waals surface area contributed by atoms with E-state index in [1.54, 1.807) is 31.2 Å². The number of likely N-dealkylation sites (N-methyl/N-ethyl adjacent to an activating group) is 1. The van der Waals surface area contributed by atoms with Crippen LogP contribution in [0.4, 0.5) is 4.39 Å². The largest absolute Gasteiger partial charge is 0.357 e. The second-order valence-electron chi connectivity index (χ2n) is 6.25. The molecule has 0 fully saturated rings. The first-order chi connectivity index (χ1) is 13.7. The molecular formula is C20H20Cl3FN2O2S. The average Bonchev–Trinajstić information content (AvgIpc) is 2.69. The van der Waals surface area contributed by atoms with Gasteiger partial charge in [-0.2, -0.15) is 0 Å². The fraction of sp³-hybridized carbons (Fsp3) is 0.300. The van der Waals surface area contributed by atoms with Gasteiger partial charge in [-0.15, -0.1) is 11.8 Å². The zero-order chi connectivity index (χ0) is 21.6. The van der Waals surface area contributed by atoms with Crippen molar-refractivity contribution in [1.82, 2.24) is 10.2 Å². The van der Waals surface area contributed by atoms with Gasteiger partial charge in [-0.1, -0.05) is 46.9 Å². The highest BCUT2D eigenvalue weighted by molar-refractivity contribution is 7.99. The molecule has 2 aromatic carbocycles. The van der Waals surface area contributed by atoms with Gasteiger partial charge in [-0.05, 0) is 36.8 Å². The third-order valence-corrected chi connectivity index (χ3v) is 6.32. The minimum Gasteiger partial charge on any atom is -0.357 e. The van der Waals surface area contributed by atoms with E-state index in [0.717, 1.165) is 5.56 Å². The topological polar surface area (TPSA) is 49.4 Å². The molecule has 9 heteroatoms. The van der Waals surface area contributed by atoms with Crippen LogP contribution in [0.3, 0.4) is 0 Å². The molecule has 1 unspecified atom stereocenters. The van der Waals surface area contributed by atoms with E-state index in [0.29, 0.717) is 20.6 Å². The number of nitrogens with one attached hydrogen (secondary N) is 1. The van der Waals surface area contributed by atoms with Crippen molar-refractivity contribution in [2.24, 2.45) is 0 Å². The Morgan fingerprint density at radius 2 is 1.86 bits per heavy atom. The van der Waals surface area contributed by atoms with Crippen molar-refractivity contribution in [3.05, 3.63) is 68.4 Å². The molecule has 1 N–H and O–H groups in total. The monoisotopic (exact) mass is 476 g/mol. The lowest BCUT2D eigenvalue weighted by molar-refractivity contribution is -0.138. The van der Waals surface area contributed by atoms with Crippen molar-refractivity contribution in [3.63, 3.8) is 0 Å². The van der Waals surface area contributed by atoms with Gasteiger partial charge in [-0.25, -0.2) is 4.39 Å². The number of nitrogens with zero attached hydrogens (tertiary/aromatic N) is 1. The number of hydrogen-bond donors (Lipinski definition) is 1. The molecule has 0 heterocycles. The molecule has 4 nitrogen and oxygen atoms in total. The van der Waals surface area contributed by atoms with Gasteiger partial charge in [0.2, 0.25) is 11.8 Å². The maximum atomic E-state index is 13.9. The van der Waals surface area contributed by atoms with Crippen LogP contribution in [0, 0.1) is 5.82 Å². The molecule has 0 aliphatic heterocycles. The highest BCUT2D eigenvalue weighted by Crippen LogP contribution is 2.26. The molecule has 0 saturated heterocycles. The van der Waals surface area contributed by atoms with Gasteiger partial charge in [0.05, 0.1) is 15.8 Å². The van der Waals surface area contributed by atoms with Crippen molar-refractivity contribution in [1.29, 1.82) is 0 Å². The van der Waals surface area contributed by atoms with Crippen LogP contribution < -0.4 is 5.32 Å². The Bertz CT molecular complexity index is 878. The lowest BCUT2D eigenvalue weighted by Crippen LogP contribution is -2.47. The minimum atomic E-state index is -0.695. The standard InChI is InChI=1S/C20H20Cl3FN2O2S/c1-12(20(28)25-2)26(9-13-6-7-16(22)17(23)8-13)19(27)11-29-10-14-15(21)4-3-5-18(14)24/h3-8,12H,9-11H2,1-2H3,(H,25,28). The zero-order valence-electron chi connectivity index (χ0n) is 15.8. The molecule has 0 spiro atoms. The SMILES string of the molecule is CNC(=O)C(C)N(Cc1ccc(Cl)c(Cl)c1)C(=O)CSCc1c(F)cccc1Cl. The highest BCUT2D eigenvalue weighted by Gasteiger charge is 2.25. The summed E-state index contributed by atoms with van der Waals surface area (Å²) in [5.41, 5.74) is 1.09. The summed E-state index contributed by atoms with van der Waals surface area (Å²) in [4.78, 5) is 26.4. The first kappa shape index (κ1) is 23.8. The quantitative estimate of drug-likeness (QED) is 0.570. The molecule has 0 aromatic heterocycles. The molecule has 29 heavy (non-hydrogen) atoms. The van der Waals surface area contributed by atoms with Crippen LogP contribution in [0.25, 0.3) is 0 Å². The Morgan fingerprint density at radius 1 is 1.14 bits per heavy atom. The fourth-order valence-corrected chi connectivity index (χ4v) is 4.19. The Morgan fingerprint density at radius 3 is 2.48 bits per heavy atom. The van der Waals surface area contributed by atoms with Crippen LogP contribution in [0.2, 0.25) is 15.1 Å². The summed E-state index contributed by atoms with van der Waals surface area (Å²) in [5.74, 6) is -0.659. The third kappa shape index (κ3) is 6.51. The maximum Gasteiger partial charge on any atom is 0.242 e. The zero-order valence-corrected chi connectivity index (χ0v) is 18.9. The smallest absolute Gasteiger partial charge is 0.242 e. The van der Waals surface area contributed by atoms with Crippen molar-refractivity contribution < 1.29 is 14.0 Å². The van der Waals surface area contributed by atoms with Gasteiger partial charge < -0.3 is 10.2 Å². The Kier molecular flexibility index (Phi) is 9.08. The first-order valence-electron chi connectivity index (χ1n) is 8.70. The van der Waals surface area contributed by atoms with Crippen LogP contribution in [0.15, 0.2) is 36.4 Å². The van der Waals surface area contributed by atoms with Gasteiger partial charge in [0.1, 0.15) is 11.9 Å². The van der Waals surface area contributed by atoms with E-state index in [1.165, 1.54) is 35.8 Å². The van der Waals surface area contributed by atoms with Gasteiger partial charge in [0.15, 0.2) is 0 Å². The molecule has 0 saturated carbocycles. The second-order valence-corrected chi connectivity index (χ2v) is 8.46. The maximum absolute atomic E-state index is 13.9. The Labute approximate surface area is 188 Å². The summed E-state index contributed by atoms with van der Waals surface area (Å²) in [6.07, 6.45) is 0. The van der Waals surface area contributed by atoms with Crippen molar-refractivity contribution >= 4 is 58.4 Å². The number of hydrogen-bond acceptors (Lipinski definition) is 3. The van der Waals surface area contributed by atoms with Crippen LogP contribution in [-0.2, 0) is 21.9 Å². The van der Waals surface area contributed by atoms with Crippen molar-refractivity contribution in [3.8, 4) is 0 Å². The van der Waals surface area contributed by atoms with E-state index in [4.69, 9.17) is 34.8 Å². The summed E-state index contributed by atoms with van der Waals surface area (Å²) in [5, 5.41) is 3.64. The molecule has 156 valence electrons. The van der Waals surface area contributed by atoms with Crippen LogP contribution >= 0.6 is 46.6 Å². The lowest BCUT2D eigenvalue weighted by Gasteiger charge is -2.28. The number of carbonyl (C=O) groups is 2. The number of benzene rings is 2. The number of rotatable bonds is 8. The number of thioether (sulfide) groups is 1. The van der Waals surface area contributed by atoms with E-state index < -0.39 is 11.9 Å². The van der Waals surface area contributed by atoms with E-state index in [-0.39, 0.29) is 29.9 Å². The molecule has 1 atom stereocenters. The summed E-state index contributed by atoms with van der Waals surface area (Å²) in [6.45, 7) is 1.83. The molecule has 2 rings (SSSR count). The number of carbonyl (C=O) groups excluding carboxylic acids is 2. The lowest BCUT2D eigenvalue weighted by atomic mass is 10.1. The molecule has 2 amide bonds. The predicted octanol–water partition coefficient (Wildman–Crippen LogP) is 5.18. The summed E-state index contributed by atoms with van der Waals surface area (Å²) in [6, 6.07) is 8.81. The molecule has 0 radical (unpaired) electrons. The van der Waals surface area contributed by atoms with Crippen LogP contribution in [0.5, 0.6) is 0 Å². The van der Waals surface area contributed by atoms with E-state index in [1.807, 2.05) is 0 Å². The normalized spacial score (nSPS) is 11.8. The van der Waals surface area contributed by atoms with E-state index in [9.17, 15) is 14.0 Å². The van der Waals surface area contributed by atoms with Crippen molar-refractivity contribution in [2.75, 3.05) is 12.8 Å². The van der Waals surface area contributed by atoms with Gasteiger partial charge in [0.25, 0.3) is 0 Å². The van der Waals surface area contributed by atoms with Gasteiger partial charge in [0, 0.05) is 29.9 Å². The molecule has 0 aliphatic carbocycles. The van der Waals surface area contributed by atoms with Gasteiger partial charge in [-0.3, -0.25) is 9.59 Å². The molecule has 0 bridgehead atoms. The summed E-state index contributed by atoms with van der Waals surface area (Å²) in [7, 11) is 1.51. The predicted molar refractivity (Wildman–Crippen MR) is 118 cm³/mol. The molecule has 2 aromatic rings. The Hall–Kier alpha value is -1.47. The van der Waals surface area contributed by atoms with Crippen LogP contribution in [0.1, 0.15) is 18.1 Å². The Balaban J connectivity index is 2.11. The fourth-order valence-electron chi connectivity index (χ4n) is 2.62. The minimum absolute atomic E-state index is 0.0628.